The van der Waals surface area contributed by atoms with Gasteiger partial charge in [0.25, 0.3) is 0 Å². The maximum absolute atomic E-state index is 13.4. The minimum absolute atomic E-state index is 0.374. The second kappa shape index (κ2) is 6.00. The third-order valence-corrected chi connectivity index (χ3v) is 3.78. The summed E-state index contributed by atoms with van der Waals surface area (Å²) in [4.78, 5) is 4.29. The number of halogens is 3. The lowest BCUT2D eigenvalue weighted by Crippen LogP contribution is -1.93. The molecule has 1 heterocycles. The van der Waals surface area contributed by atoms with Gasteiger partial charge in [0.2, 0.25) is 5.88 Å². The molecule has 0 saturated carbocycles. The number of pyridine rings is 1. The average Bonchev–Trinajstić information content (AvgIpc) is 2.46. The number of hydrogen-bond donors (Lipinski definition) is 0. The fourth-order valence-electron chi connectivity index (χ4n) is 2.11. The first-order valence-electron chi connectivity index (χ1n) is 6.24. The summed E-state index contributed by atoms with van der Waals surface area (Å²) in [6.45, 7) is 0. The zero-order chi connectivity index (χ0) is 14.8. The summed E-state index contributed by atoms with van der Waals surface area (Å²) in [5.74, 6) is 0.815. The smallest absolute Gasteiger partial charge is 0.227 e. The third kappa shape index (κ3) is 3.01. The first kappa shape index (κ1) is 14.3. The molecule has 106 valence electrons. The van der Waals surface area contributed by atoms with E-state index in [4.69, 9.17) is 16.3 Å². The SMILES string of the molecule is Fc1cc(Br)cc(Oc2ncc(CCl)c3ccccc23)c1. The molecule has 0 amide bonds. The van der Waals surface area contributed by atoms with Crippen LogP contribution < -0.4 is 4.74 Å². The minimum Gasteiger partial charge on any atom is -0.438 e. The van der Waals surface area contributed by atoms with E-state index in [-0.39, 0.29) is 5.82 Å². The Labute approximate surface area is 134 Å². The average molecular weight is 367 g/mol. The van der Waals surface area contributed by atoms with Gasteiger partial charge in [-0.05, 0) is 29.1 Å². The van der Waals surface area contributed by atoms with Crippen LogP contribution in [-0.2, 0) is 5.88 Å². The maximum atomic E-state index is 13.4. The Hall–Kier alpha value is -1.65. The largest absolute Gasteiger partial charge is 0.438 e. The van der Waals surface area contributed by atoms with E-state index < -0.39 is 0 Å². The summed E-state index contributed by atoms with van der Waals surface area (Å²) < 4.78 is 19.8. The number of alkyl halides is 1. The van der Waals surface area contributed by atoms with Crippen LogP contribution in [0.4, 0.5) is 4.39 Å². The molecule has 0 aliphatic rings. The van der Waals surface area contributed by atoms with Crippen LogP contribution in [0.25, 0.3) is 10.8 Å². The third-order valence-electron chi connectivity index (χ3n) is 3.04. The van der Waals surface area contributed by atoms with Gasteiger partial charge in [0.1, 0.15) is 11.6 Å². The summed E-state index contributed by atoms with van der Waals surface area (Å²) >= 11 is 9.16. The van der Waals surface area contributed by atoms with Crippen LogP contribution in [0.5, 0.6) is 11.6 Å². The highest BCUT2D eigenvalue weighted by Gasteiger charge is 2.09. The predicted octanol–water partition coefficient (Wildman–Crippen LogP) is 5.67. The van der Waals surface area contributed by atoms with Gasteiger partial charge in [-0.25, -0.2) is 9.37 Å². The second-order valence-electron chi connectivity index (χ2n) is 4.48. The molecule has 0 saturated heterocycles. The molecule has 0 fully saturated rings. The molecule has 1 aromatic heterocycles. The van der Waals surface area contributed by atoms with E-state index in [1.807, 2.05) is 24.3 Å². The van der Waals surface area contributed by atoms with Crippen molar-refractivity contribution in [2.24, 2.45) is 0 Å². The summed E-state index contributed by atoms with van der Waals surface area (Å²) in [7, 11) is 0. The number of hydrogen-bond acceptors (Lipinski definition) is 2. The van der Waals surface area contributed by atoms with Gasteiger partial charge in [-0.3, -0.25) is 0 Å². The van der Waals surface area contributed by atoms with E-state index >= 15 is 0 Å². The van der Waals surface area contributed by atoms with Crippen molar-refractivity contribution in [2.45, 2.75) is 5.88 Å². The summed E-state index contributed by atoms with van der Waals surface area (Å²) in [6, 6.07) is 12.1. The number of aromatic nitrogens is 1. The van der Waals surface area contributed by atoms with Gasteiger partial charge in [0, 0.05) is 28.0 Å². The Morgan fingerprint density at radius 1 is 1.14 bits per heavy atom. The van der Waals surface area contributed by atoms with Crippen molar-refractivity contribution in [3.05, 3.63) is 64.5 Å². The van der Waals surface area contributed by atoms with Gasteiger partial charge >= 0.3 is 0 Å². The Morgan fingerprint density at radius 3 is 2.62 bits per heavy atom. The van der Waals surface area contributed by atoms with Gasteiger partial charge in [-0.15, -0.1) is 11.6 Å². The molecule has 0 N–H and O–H groups in total. The molecule has 0 unspecified atom stereocenters. The first-order chi connectivity index (χ1) is 10.2. The van der Waals surface area contributed by atoms with Crippen molar-refractivity contribution >= 4 is 38.3 Å². The van der Waals surface area contributed by atoms with Crippen molar-refractivity contribution in [3.8, 4) is 11.6 Å². The predicted molar refractivity (Wildman–Crippen MR) is 85.5 cm³/mol. The van der Waals surface area contributed by atoms with Gasteiger partial charge < -0.3 is 4.74 Å². The normalized spacial score (nSPS) is 10.8. The molecule has 0 aliphatic heterocycles. The molecule has 0 aliphatic carbocycles. The van der Waals surface area contributed by atoms with Crippen LogP contribution >= 0.6 is 27.5 Å². The molecule has 0 radical (unpaired) electrons. The minimum atomic E-state index is -0.374. The molecule has 0 bridgehead atoms. The Balaban J connectivity index is 2.09. The number of benzene rings is 2. The fraction of sp³-hybridized carbons (Fsp3) is 0.0625. The number of fused-ring (bicyclic) bond motifs is 1. The van der Waals surface area contributed by atoms with Crippen LogP contribution in [0.2, 0.25) is 0 Å². The van der Waals surface area contributed by atoms with Crippen LogP contribution in [0.3, 0.4) is 0 Å². The zero-order valence-electron chi connectivity index (χ0n) is 10.8. The second-order valence-corrected chi connectivity index (χ2v) is 5.66. The molecular formula is C16H10BrClFNO. The fourth-order valence-corrected chi connectivity index (χ4v) is 2.77. The van der Waals surface area contributed by atoms with Crippen molar-refractivity contribution in [3.63, 3.8) is 0 Å². The lowest BCUT2D eigenvalue weighted by Gasteiger charge is -2.10. The van der Waals surface area contributed by atoms with Crippen molar-refractivity contribution in [2.75, 3.05) is 0 Å². The van der Waals surface area contributed by atoms with E-state index in [0.717, 1.165) is 16.3 Å². The molecule has 21 heavy (non-hydrogen) atoms. The van der Waals surface area contributed by atoms with Crippen LogP contribution in [0.15, 0.2) is 53.1 Å². The van der Waals surface area contributed by atoms with Crippen LogP contribution in [0.1, 0.15) is 5.56 Å². The van der Waals surface area contributed by atoms with E-state index in [2.05, 4.69) is 20.9 Å². The Kier molecular flexibility index (Phi) is 4.08. The van der Waals surface area contributed by atoms with Gasteiger partial charge in [0.15, 0.2) is 0 Å². The number of rotatable bonds is 3. The monoisotopic (exact) mass is 365 g/mol. The van der Waals surface area contributed by atoms with E-state index in [1.165, 1.54) is 12.1 Å². The standard InChI is InChI=1S/C16H10BrClFNO/c17-11-5-12(19)7-13(6-11)21-16-15-4-2-1-3-14(15)10(8-18)9-20-16/h1-7,9H,8H2. The van der Waals surface area contributed by atoms with E-state index in [0.29, 0.717) is 22.0 Å². The zero-order valence-corrected chi connectivity index (χ0v) is 13.2. The maximum Gasteiger partial charge on any atom is 0.227 e. The first-order valence-corrected chi connectivity index (χ1v) is 7.56. The van der Waals surface area contributed by atoms with E-state index in [1.54, 1.807) is 12.3 Å². The Bertz CT molecular complexity index is 789. The van der Waals surface area contributed by atoms with Gasteiger partial charge in [0.05, 0.1) is 0 Å². The van der Waals surface area contributed by atoms with Gasteiger partial charge in [-0.1, -0.05) is 34.1 Å². The van der Waals surface area contributed by atoms with Crippen molar-refractivity contribution < 1.29 is 9.13 Å². The number of nitrogens with zero attached hydrogens (tertiary/aromatic N) is 1. The van der Waals surface area contributed by atoms with Crippen molar-refractivity contribution in [1.29, 1.82) is 0 Å². The quantitative estimate of drug-likeness (QED) is 0.557. The molecule has 5 heteroatoms. The summed E-state index contributed by atoms with van der Waals surface area (Å²) in [5, 5.41) is 1.82. The lowest BCUT2D eigenvalue weighted by molar-refractivity contribution is 0.463. The molecule has 3 aromatic rings. The molecule has 3 rings (SSSR count). The molecular weight excluding hydrogens is 357 g/mol. The molecule has 0 spiro atoms. The van der Waals surface area contributed by atoms with Crippen LogP contribution in [-0.4, -0.2) is 4.98 Å². The lowest BCUT2D eigenvalue weighted by atomic mass is 10.1. The molecule has 0 atom stereocenters. The summed E-state index contributed by atoms with van der Waals surface area (Å²) in [6.07, 6.45) is 1.68. The highest BCUT2D eigenvalue weighted by atomic mass is 79.9. The summed E-state index contributed by atoms with van der Waals surface area (Å²) in [5.41, 5.74) is 0.931. The topological polar surface area (TPSA) is 22.1 Å². The Morgan fingerprint density at radius 2 is 1.90 bits per heavy atom. The van der Waals surface area contributed by atoms with Crippen molar-refractivity contribution in [1.82, 2.24) is 4.98 Å². The molecule has 2 nitrogen and oxygen atoms in total. The van der Waals surface area contributed by atoms with Crippen LogP contribution in [0, 0.1) is 5.82 Å². The van der Waals surface area contributed by atoms with Gasteiger partial charge in [-0.2, -0.15) is 0 Å². The molecule has 2 aromatic carbocycles. The number of ether oxygens (including phenoxy) is 1. The van der Waals surface area contributed by atoms with E-state index in [9.17, 15) is 4.39 Å². The highest BCUT2D eigenvalue weighted by Crippen LogP contribution is 2.31. The highest BCUT2D eigenvalue weighted by molar-refractivity contribution is 9.10.